The van der Waals surface area contributed by atoms with Gasteiger partial charge >= 0.3 is 23.1 Å². The van der Waals surface area contributed by atoms with Gasteiger partial charge in [0, 0.05) is 5.88 Å². The third-order valence-electron chi connectivity index (χ3n) is 1.94. The molecule has 1 saturated carbocycles. The second-order valence-electron chi connectivity index (χ2n) is 2.66. The Morgan fingerprint density at radius 3 is 2.00 bits per heavy atom. The van der Waals surface area contributed by atoms with E-state index < -0.39 is 0 Å². The van der Waals surface area contributed by atoms with Crippen LogP contribution in [0.1, 0.15) is 32.1 Å². The molecule has 2 heteroatoms. The predicted octanol–water partition coefficient (Wildman–Crippen LogP) is 1.89. The molecule has 0 aromatic heterocycles. The molecule has 0 amide bonds. The summed E-state index contributed by atoms with van der Waals surface area (Å²) in [7, 11) is 0. The number of rotatable bonds is 1. The van der Waals surface area contributed by atoms with Crippen LogP contribution in [0.4, 0.5) is 0 Å². The van der Waals surface area contributed by atoms with Crippen LogP contribution in [0, 0.1) is 5.92 Å². The zero-order valence-electron chi connectivity index (χ0n) is 5.20. The van der Waals surface area contributed by atoms with Crippen LogP contribution in [0.3, 0.4) is 0 Å². The quantitative estimate of drug-likeness (QED) is 0.404. The Balaban J connectivity index is 0.000000640. The molecule has 1 aliphatic rings. The SMILES string of the molecule is ClCC1CCCCC1.[MgH2]. The molecule has 0 nitrogen and oxygen atoms in total. The Kier molecular flexibility index (Phi) is 6.49. The highest BCUT2D eigenvalue weighted by molar-refractivity contribution is 6.18. The maximum absolute atomic E-state index is 5.68. The molecule has 0 saturated heterocycles. The molecular formula is C7H15ClMg. The van der Waals surface area contributed by atoms with Crippen LogP contribution in [-0.2, 0) is 0 Å². The van der Waals surface area contributed by atoms with Crippen LogP contribution in [0.25, 0.3) is 0 Å². The predicted molar refractivity (Wildman–Crippen MR) is 45.8 cm³/mol. The first kappa shape index (κ1) is 10.1. The first-order valence-corrected chi connectivity index (χ1v) is 4.03. The molecule has 9 heavy (non-hydrogen) atoms. The molecule has 1 rings (SSSR count). The summed E-state index contributed by atoms with van der Waals surface area (Å²) < 4.78 is 0. The van der Waals surface area contributed by atoms with Crippen LogP contribution in [0.2, 0.25) is 0 Å². The van der Waals surface area contributed by atoms with Gasteiger partial charge in [-0.25, -0.2) is 0 Å². The lowest BCUT2D eigenvalue weighted by Gasteiger charge is -2.17. The molecule has 0 radical (unpaired) electrons. The van der Waals surface area contributed by atoms with E-state index in [2.05, 4.69) is 0 Å². The fourth-order valence-electron chi connectivity index (χ4n) is 1.34. The van der Waals surface area contributed by atoms with Crippen molar-refractivity contribution in [2.24, 2.45) is 5.92 Å². The van der Waals surface area contributed by atoms with E-state index in [0.717, 1.165) is 11.8 Å². The monoisotopic (exact) mass is 158 g/mol. The van der Waals surface area contributed by atoms with Crippen molar-refractivity contribution in [3.63, 3.8) is 0 Å². The second-order valence-corrected chi connectivity index (χ2v) is 2.97. The molecule has 0 N–H and O–H groups in total. The second kappa shape index (κ2) is 5.81. The summed E-state index contributed by atoms with van der Waals surface area (Å²) in [6.45, 7) is 0. The molecule has 0 atom stereocenters. The average molecular weight is 159 g/mol. The third-order valence-corrected chi connectivity index (χ3v) is 2.38. The average Bonchev–Trinajstić information content (AvgIpc) is 1.90. The topological polar surface area (TPSA) is 0 Å². The molecule has 1 aliphatic carbocycles. The minimum absolute atomic E-state index is 0. The van der Waals surface area contributed by atoms with Gasteiger partial charge in [-0.3, -0.25) is 0 Å². The Labute approximate surface area is 78.5 Å². The van der Waals surface area contributed by atoms with E-state index in [0.29, 0.717) is 0 Å². The zero-order chi connectivity index (χ0) is 5.82. The molecular weight excluding hydrogens is 144 g/mol. The highest BCUT2D eigenvalue weighted by Gasteiger charge is 2.10. The van der Waals surface area contributed by atoms with Gasteiger partial charge in [0.2, 0.25) is 0 Å². The Morgan fingerprint density at radius 1 is 1.11 bits per heavy atom. The van der Waals surface area contributed by atoms with Crippen molar-refractivity contribution in [3.8, 4) is 0 Å². The number of hydrogen-bond acceptors (Lipinski definition) is 0. The number of alkyl halides is 1. The van der Waals surface area contributed by atoms with E-state index in [-0.39, 0.29) is 23.1 Å². The van der Waals surface area contributed by atoms with Crippen molar-refractivity contribution in [1.29, 1.82) is 0 Å². The van der Waals surface area contributed by atoms with Crippen LogP contribution < -0.4 is 0 Å². The Bertz CT molecular complexity index is 59.9. The maximum Gasteiger partial charge on any atom is 0.316 e. The van der Waals surface area contributed by atoms with Gasteiger partial charge in [0.15, 0.2) is 0 Å². The highest BCUT2D eigenvalue weighted by atomic mass is 35.5. The van der Waals surface area contributed by atoms with Crippen molar-refractivity contribution in [3.05, 3.63) is 0 Å². The molecule has 0 unspecified atom stereocenters. The summed E-state index contributed by atoms with van der Waals surface area (Å²) in [5.74, 6) is 1.74. The molecule has 0 heterocycles. The summed E-state index contributed by atoms with van der Waals surface area (Å²) in [5.41, 5.74) is 0. The lowest BCUT2D eigenvalue weighted by molar-refractivity contribution is 0.389. The molecule has 0 bridgehead atoms. The van der Waals surface area contributed by atoms with Gasteiger partial charge in [-0.05, 0) is 18.8 Å². The molecule has 1 fully saturated rings. The van der Waals surface area contributed by atoms with E-state index in [1.54, 1.807) is 0 Å². The highest BCUT2D eigenvalue weighted by Crippen LogP contribution is 2.23. The van der Waals surface area contributed by atoms with Crippen LogP contribution >= 0.6 is 11.6 Å². The third kappa shape index (κ3) is 3.69. The van der Waals surface area contributed by atoms with Crippen LogP contribution in [-0.4, -0.2) is 28.9 Å². The summed E-state index contributed by atoms with van der Waals surface area (Å²) in [6.07, 6.45) is 7.02. The van der Waals surface area contributed by atoms with Gasteiger partial charge in [-0.15, -0.1) is 11.6 Å². The van der Waals surface area contributed by atoms with E-state index in [9.17, 15) is 0 Å². The summed E-state index contributed by atoms with van der Waals surface area (Å²) in [4.78, 5) is 0. The normalized spacial score (nSPS) is 21.0. The van der Waals surface area contributed by atoms with Crippen molar-refractivity contribution < 1.29 is 0 Å². The van der Waals surface area contributed by atoms with E-state index >= 15 is 0 Å². The van der Waals surface area contributed by atoms with Crippen LogP contribution in [0.5, 0.6) is 0 Å². The Morgan fingerprint density at radius 2 is 1.67 bits per heavy atom. The van der Waals surface area contributed by atoms with Crippen molar-refractivity contribution >= 4 is 34.7 Å². The first-order valence-electron chi connectivity index (χ1n) is 3.49. The molecule has 0 spiro atoms. The lowest BCUT2D eigenvalue weighted by atomic mass is 9.91. The van der Waals surface area contributed by atoms with Gasteiger partial charge in [0.05, 0.1) is 0 Å². The molecule has 0 aliphatic heterocycles. The summed E-state index contributed by atoms with van der Waals surface area (Å²) in [6, 6.07) is 0. The van der Waals surface area contributed by atoms with Gasteiger partial charge in [-0.2, -0.15) is 0 Å². The molecule has 0 aromatic carbocycles. The van der Waals surface area contributed by atoms with Crippen molar-refractivity contribution in [2.75, 3.05) is 5.88 Å². The first-order chi connectivity index (χ1) is 3.93. The molecule has 52 valence electrons. The Hall–Kier alpha value is 1.06. The van der Waals surface area contributed by atoms with Crippen LogP contribution in [0.15, 0.2) is 0 Å². The summed E-state index contributed by atoms with van der Waals surface area (Å²) in [5, 5.41) is 0. The van der Waals surface area contributed by atoms with Gasteiger partial charge in [0.1, 0.15) is 0 Å². The van der Waals surface area contributed by atoms with Gasteiger partial charge in [-0.1, -0.05) is 19.3 Å². The number of hydrogen-bond donors (Lipinski definition) is 0. The fourth-order valence-corrected chi connectivity index (χ4v) is 1.65. The maximum atomic E-state index is 5.68. The van der Waals surface area contributed by atoms with Gasteiger partial charge < -0.3 is 0 Å². The summed E-state index contributed by atoms with van der Waals surface area (Å²) >= 11 is 5.68. The molecule has 0 aromatic rings. The number of halogens is 1. The standard InChI is InChI=1S/C7H13Cl.Mg.2H/c8-6-7-4-2-1-3-5-7;;;/h7H,1-6H2;;;. The van der Waals surface area contributed by atoms with E-state index in [1.807, 2.05) is 0 Å². The zero-order valence-corrected chi connectivity index (χ0v) is 5.95. The van der Waals surface area contributed by atoms with Crippen molar-refractivity contribution in [2.45, 2.75) is 32.1 Å². The lowest BCUT2D eigenvalue weighted by Crippen LogP contribution is -2.06. The van der Waals surface area contributed by atoms with Crippen molar-refractivity contribution in [1.82, 2.24) is 0 Å². The minimum atomic E-state index is 0. The minimum Gasteiger partial charge on any atom is -0.126 e. The largest absolute Gasteiger partial charge is 0.316 e. The van der Waals surface area contributed by atoms with E-state index in [4.69, 9.17) is 11.6 Å². The fraction of sp³-hybridized carbons (Fsp3) is 1.00. The van der Waals surface area contributed by atoms with Gasteiger partial charge in [0.25, 0.3) is 0 Å². The van der Waals surface area contributed by atoms with E-state index in [1.165, 1.54) is 32.1 Å². The smallest absolute Gasteiger partial charge is 0.126 e.